The molecule has 5 nitrogen and oxygen atoms in total. The van der Waals surface area contributed by atoms with Gasteiger partial charge in [0.05, 0.1) is 0 Å². The van der Waals surface area contributed by atoms with E-state index in [0.717, 1.165) is 25.7 Å². The molecule has 2 aliphatic rings. The van der Waals surface area contributed by atoms with Crippen LogP contribution >= 0.6 is 0 Å². The fraction of sp³-hybridized carbons (Fsp3) is 0.857. The first-order valence-corrected chi connectivity index (χ1v) is 7.31. The van der Waals surface area contributed by atoms with Gasteiger partial charge in [-0.25, -0.2) is 9.59 Å². The van der Waals surface area contributed by atoms with E-state index in [1.54, 1.807) is 4.90 Å². The lowest BCUT2D eigenvalue weighted by atomic mass is 9.93. The topological polar surface area (TPSA) is 69.6 Å². The van der Waals surface area contributed by atoms with Crippen molar-refractivity contribution in [3.8, 4) is 0 Å². The van der Waals surface area contributed by atoms with Gasteiger partial charge in [0.15, 0.2) is 0 Å². The molecule has 1 aliphatic heterocycles. The van der Waals surface area contributed by atoms with E-state index in [9.17, 15) is 14.7 Å². The zero-order valence-corrected chi connectivity index (χ0v) is 11.8. The molecule has 3 atom stereocenters. The maximum absolute atomic E-state index is 12.3. The van der Waals surface area contributed by atoms with Crippen molar-refractivity contribution < 1.29 is 14.7 Å². The number of likely N-dealkylation sites (tertiary alicyclic amines) is 1. The van der Waals surface area contributed by atoms with E-state index < -0.39 is 11.5 Å². The quantitative estimate of drug-likeness (QED) is 0.824. The predicted octanol–water partition coefficient (Wildman–Crippen LogP) is 2.21. The molecular formula is C14H24N2O3. The molecule has 0 aromatic heterocycles. The number of carboxylic acid groups (broad SMARTS) is 1. The second-order valence-corrected chi connectivity index (χ2v) is 6.01. The number of hydrogen-bond donors (Lipinski definition) is 2. The molecule has 1 aliphatic carbocycles. The minimum atomic E-state index is -0.992. The summed E-state index contributed by atoms with van der Waals surface area (Å²) in [5.41, 5.74) is -0.992. The molecule has 0 aromatic carbocycles. The number of rotatable bonds is 3. The molecule has 1 saturated heterocycles. The van der Waals surface area contributed by atoms with E-state index in [4.69, 9.17) is 0 Å². The van der Waals surface area contributed by atoms with Crippen LogP contribution in [-0.4, -0.2) is 40.1 Å². The molecule has 0 bridgehead atoms. The monoisotopic (exact) mass is 268 g/mol. The van der Waals surface area contributed by atoms with Gasteiger partial charge < -0.3 is 15.3 Å². The zero-order valence-electron chi connectivity index (χ0n) is 11.8. The van der Waals surface area contributed by atoms with Gasteiger partial charge in [0.1, 0.15) is 5.54 Å². The summed E-state index contributed by atoms with van der Waals surface area (Å²) in [7, 11) is 0. The van der Waals surface area contributed by atoms with Crippen molar-refractivity contribution >= 4 is 12.0 Å². The van der Waals surface area contributed by atoms with Crippen LogP contribution in [0.25, 0.3) is 0 Å². The number of amides is 2. The Morgan fingerprint density at radius 2 is 2.16 bits per heavy atom. The molecule has 1 saturated carbocycles. The molecule has 108 valence electrons. The first-order chi connectivity index (χ1) is 8.99. The Bertz CT molecular complexity index is 372. The number of nitrogens with one attached hydrogen (secondary N) is 1. The van der Waals surface area contributed by atoms with Crippen LogP contribution in [-0.2, 0) is 4.79 Å². The molecule has 1 heterocycles. The van der Waals surface area contributed by atoms with Gasteiger partial charge in [-0.05, 0) is 44.4 Å². The Morgan fingerprint density at radius 1 is 1.42 bits per heavy atom. The molecule has 2 N–H and O–H groups in total. The molecule has 0 radical (unpaired) electrons. The SMILES string of the molecule is CCC1(C(=O)O)CCCN1C(=O)NC1CCC(C)C1. The molecule has 5 heteroatoms. The first kappa shape index (κ1) is 14.2. The number of hydrogen-bond acceptors (Lipinski definition) is 2. The highest BCUT2D eigenvalue weighted by Gasteiger charge is 2.48. The van der Waals surface area contributed by atoms with Crippen LogP contribution in [0.15, 0.2) is 0 Å². The summed E-state index contributed by atoms with van der Waals surface area (Å²) in [5.74, 6) is -0.221. The van der Waals surface area contributed by atoms with Crippen molar-refractivity contribution in [3.63, 3.8) is 0 Å². The molecule has 3 unspecified atom stereocenters. The summed E-state index contributed by atoms with van der Waals surface area (Å²) in [6.45, 7) is 4.58. The standard InChI is InChI=1S/C14H24N2O3/c1-3-14(12(17)18)7-4-8-16(14)13(19)15-11-6-5-10(2)9-11/h10-11H,3-9H2,1-2H3,(H,15,19)(H,17,18). The van der Waals surface area contributed by atoms with E-state index in [0.29, 0.717) is 25.3 Å². The van der Waals surface area contributed by atoms with Gasteiger partial charge in [0.25, 0.3) is 0 Å². The van der Waals surface area contributed by atoms with Crippen molar-refractivity contribution in [3.05, 3.63) is 0 Å². The molecule has 0 aromatic rings. The van der Waals surface area contributed by atoms with E-state index >= 15 is 0 Å². The molecule has 0 spiro atoms. The second-order valence-electron chi connectivity index (χ2n) is 6.01. The third-order valence-electron chi connectivity index (χ3n) is 4.74. The summed E-state index contributed by atoms with van der Waals surface area (Å²) < 4.78 is 0. The minimum absolute atomic E-state index is 0.194. The molecule has 2 amide bonds. The van der Waals surface area contributed by atoms with Gasteiger partial charge in [-0.1, -0.05) is 13.8 Å². The maximum atomic E-state index is 12.3. The Balaban J connectivity index is 2.03. The van der Waals surface area contributed by atoms with Crippen LogP contribution in [0.5, 0.6) is 0 Å². The van der Waals surface area contributed by atoms with Crippen LogP contribution in [0.1, 0.15) is 52.4 Å². The maximum Gasteiger partial charge on any atom is 0.329 e. The fourth-order valence-electron chi connectivity index (χ4n) is 3.51. The third kappa shape index (κ3) is 2.55. The van der Waals surface area contributed by atoms with Gasteiger partial charge in [-0.15, -0.1) is 0 Å². The van der Waals surface area contributed by atoms with Crippen LogP contribution in [0, 0.1) is 5.92 Å². The average Bonchev–Trinajstić information content (AvgIpc) is 2.95. The third-order valence-corrected chi connectivity index (χ3v) is 4.74. The normalized spacial score (nSPS) is 34.5. The van der Waals surface area contributed by atoms with Crippen molar-refractivity contribution in [2.24, 2.45) is 5.92 Å². The molecule has 2 fully saturated rings. The fourth-order valence-corrected chi connectivity index (χ4v) is 3.51. The number of urea groups is 1. The number of nitrogens with zero attached hydrogens (tertiary/aromatic N) is 1. The number of carbonyl (C=O) groups excluding carboxylic acids is 1. The summed E-state index contributed by atoms with van der Waals surface area (Å²) in [5, 5.41) is 12.5. The van der Waals surface area contributed by atoms with Gasteiger partial charge in [-0.2, -0.15) is 0 Å². The van der Waals surface area contributed by atoms with Crippen molar-refractivity contribution in [1.29, 1.82) is 0 Å². The Hall–Kier alpha value is -1.26. The van der Waals surface area contributed by atoms with E-state index in [-0.39, 0.29) is 12.1 Å². The van der Waals surface area contributed by atoms with Crippen molar-refractivity contribution in [1.82, 2.24) is 10.2 Å². The van der Waals surface area contributed by atoms with E-state index in [1.807, 2.05) is 6.92 Å². The summed E-state index contributed by atoms with van der Waals surface area (Å²) in [4.78, 5) is 25.4. The lowest BCUT2D eigenvalue weighted by Gasteiger charge is -2.34. The van der Waals surface area contributed by atoms with Gasteiger partial charge in [0.2, 0.25) is 0 Å². The van der Waals surface area contributed by atoms with Crippen LogP contribution in [0.2, 0.25) is 0 Å². The van der Waals surface area contributed by atoms with E-state index in [2.05, 4.69) is 12.2 Å². The second kappa shape index (κ2) is 5.39. The summed E-state index contributed by atoms with van der Waals surface area (Å²) in [6, 6.07) is 0.0206. The van der Waals surface area contributed by atoms with Crippen LogP contribution in [0.3, 0.4) is 0 Å². The number of carboxylic acids is 1. The Kier molecular flexibility index (Phi) is 4.02. The minimum Gasteiger partial charge on any atom is -0.479 e. The number of carbonyl (C=O) groups is 2. The van der Waals surface area contributed by atoms with Crippen molar-refractivity contribution in [2.45, 2.75) is 64.0 Å². The predicted molar refractivity (Wildman–Crippen MR) is 71.9 cm³/mol. The highest BCUT2D eigenvalue weighted by Crippen LogP contribution is 2.33. The van der Waals surface area contributed by atoms with Crippen molar-refractivity contribution in [2.75, 3.05) is 6.54 Å². The molecule has 19 heavy (non-hydrogen) atoms. The number of aliphatic carboxylic acids is 1. The van der Waals surface area contributed by atoms with Crippen LogP contribution < -0.4 is 5.32 Å². The van der Waals surface area contributed by atoms with Gasteiger partial charge >= 0.3 is 12.0 Å². The van der Waals surface area contributed by atoms with E-state index in [1.165, 1.54) is 0 Å². The first-order valence-electron chi connectivity index (χ1n) is 7.31. The Labute approximate surface area is 114 Å². The highest BCUT2D eigenvalue weighted by atomic mass is 16.4. The zero-order chi connectivity index (χ0) is 14.0. The molecule has 2 rings (SSSR count). The van der Waals surface area contributed by atoms with Crippen LogP contribution in [0.4, 0.5) is 4.79 Å². The highest BCUT2D eigenvalue weighted by molar-refractivity contribution is 5.87. The van der Waals surface area contributed by atoms with Gasteiger partial charge in [-0.3, -0.25) is 0 Å². The molecular weight excluding hydrogens is 244 g/mol. The lowest BCUT2D eigenvalue weighted by Crippen LogP contribution is -2.56. The summed E-state index contributed by atoms with van der Waals surface area (Å²) >= 11 is 0. The Morgan fingerprint density at radius 3 is 2.68 bits per heavy atom. The van der Waals surface area contributed by atoms with Gasteiger partial charge in [0, 0.05) is 12.6 Å². The summed E-state index contributed by atoms with van der Waals surface area (Å²) in [6.07, 6.45) is 4.96. The average molecular weight is 268 g/mol. The largest absolute Gasteiger partial charge is 0.479 e. The lowest BCUT2D eigenvalue weighted by molar-refractivity contribution is -0.148. The smallest absolute Gasteiger partial charge is 0.329 e.